The number of hydrogen-bond donors (Lipinski definition) is 1. The summed E-state index contributed by atoms with van der Waals surface area (Å²) < 4.78 is 5.60. The number of hydrogen-bond acceptors (Lipinski definition) is 4. The quantitative estimate of drug-likeness (QED) is 0.804. The van der Waals surface area contributed by atoms with Crippen molar-refractivity contribution in [3.05, 3.63) is 51.7 Å². The van der Waals surface area contributed by atoms with Crippen molar-refractivity contribution >= 4 is 28.8 Å². The Labute approximate surface area is 139 Å². The van der Waals surface area contributed by atoms with Gasteiger partial charge in [0.2, 0.25) is 5.91 Å². The summed E-state index contributed by atoms with van der Waals surface area (Å²) in [7, 11) is 1.89. The fourth-order valence-electron chi connectivity index (χ4n) is 1.85. The lowest BCUT2D eigenvalue weighted by Crippen LogP contribution is -2.36. The second-order valence-corrected chi connectivity index (χ2v) is 6.31. The normalized spacial score (nSPS) is 10.7. The Morgan fingerprint density at radius 2 is 2.14 bits per heavy atom. The average Bonchev–Trinajstić information content (AvgIpc) is 3.00. The van der Waals surface area contributed by atoms with E-state index in [0.717, 1.165) is 4.88 Å². The largest absolute Gasteiger partial charge is 0.491 e. The van der Waals surface area contributed by atoms with E-state index in [-0.39, 0.29) is 5.91 Å². The van der Waals surface area contributed by atoms with Crippen molar-refractivity contribution < 1.29 is 9.53 Å². The van der Waals surface area contributed by atoms with Crippen LogP contribution in [0.1, 0.15) is 4.88 Å². The monoisotopic (exact) mass is 338 g/mol. The number of rotatable bonds is 8. The average molecular weight is 339 g/mol. The minimum atomic E-state index is 0.00800. The number of ether oxygens (including phenoxy) is 1. The Morgan fingerprint density at radius 1 is 1.32 bits per heavy atom. The van der Waals surface area contributed by atoms with E-state index in [0.29, 0.717) is 37.0 Å². The SMILES string of the molecule is CN(CCOc1ccccc1Cl)CC(=O)NCc1cccs1. The summed E-state index contributed by atoms with van der Waals surface area (Å²) in [6, 6.07) is 11.3. The number of carbonyl (C=O) groups is 1. The minimum Gasteiger partial charge on any atom is -0.491 e. The number of nitrogens with one attached hydrogen (secondary N) is 1. The lowest BCUT2D eigenvalue weighted by atomic mass is 10.3. The van der Waals surface area contributed by atoms with Gasteiger partial charge in [0.25, 0.3) is 0 Å². The van der Waals surface area contributed by atoms with Crippen LogP contribution in [0.25, 0.3) is 0 Å². The topological polar surface area (TPSA) is 41.6 Å². The number of benzene rings is 1. The summed E-state index contributed by atoms with van der Waals surface area (Å²) in [5.41, 5.74) is 0. The lowest BCUT2D eigenvalue weighted by Gasteiger charge is -2.16. The van der Waals surface area contributed by atoms with Crippen LogP contribution in [0.2, 0.25) is 5.02 Å². The van der Waals surface area contributed by atoms with E-state index in [1.807, 2.05) is 47.7 Å². The van der Waals surface area contributed by atoms with Gasteiger partial charge in [-0.2, -0.15) is 0 Å². The molecule has 0 radical (unpaired) electrons. The summed E-state index contributed by atoms with van der Waals surface area (Å²) in [5, 5.41) is 5.50. The molecule has 0 spiro atoms. The van der Waals surface area contributed by atoms with Crippen LogP contribution in [-0.4, -0.2) is 37.6 Å². The number of likely N-dealkylation sites (N-methyl/N-ethyl adjacent to an activating group) is 1. The van der Waals surface area contributed by atoms with E-state index in [1.54, 1.807) is 17.4 Å². The van der Waals surface area contributed by atoms with Gasteiger partial charge in [0, 0.05) is 11.4 Å². The first kappa shape index (κ1) is 16.8. The number of amides is 1. The van der Waals surface area contributed by atoms with E-state index in [2.05, 4.69) is 5.32 Å². The van der Waals surface area contributed by atoms with E-state index < -0.39 is 0 Å². The highest BCUT2D eigenvalue weighted by Gasteiger charge is 2.07. The van der Waals surface area contributed by atoms with Crippen LogP contribution in [0.4, 0.5) is 0 Å². The summed E-state index contributed by atoms with van der Waals surface area (Å²) in [4.78, 5) is 14.9. The van der Waals surface area contributed by atoms with Crippen molar-refractivity contribution in [3.8, 4) is 5.75 Å². The van der Waals surface area contributed by atoms with Gasteiger partial charge in [-0.05, 0) is 30.6 Å². The summed E-state index contributed by atoms with van der Waals surface area (Å²) in [5.74, 6) is 0.674. The van der Waals surface area contributed by atoms with Crippen LogP contribution in [0.5, 0.6) is 5.75 Å². The van der Waals surface area contributed by atoms with Crippen molar-refractivity contribution in [3.63, 3.8) is 0 Å². The molecular formula is C16H19ClN2O2S. The summed E-state index contributed by atoms with van der Waals surface area (Å²) in [6.45, 7) is 2.06. The van der Waals surface area contributed by atoms with E-state index >= 15 is 0 Å². The van der Waals surface area contributed by atoms with Gasteiger partial charge >= 0.3 is 0 Å². The zero-order chi connectivity index (χ0) is 15.8. The van der Waals surface area contributed by atoms with Crippen LogP contribution in [0.15, 0.2) is 41.8 Å². The predicted molar refractivity (Wildman–Crippen MR) is 90.6 cm³/mol. The Hall–Kier alpha value is -1.56. The number of halogens is 1. The zero-order valence-electron chi connectivity index (χ0n) is 12.4. The number of para-hydroxylation sites is 1. The maximum Gasteiger partial charge on any atom is 0.234 e. The van der Waals surface area contributed by atoms with Crippen molar-refractivity contribution in [2.45, 2.75) is 6.54 Å². The molecule has 6 heteroatoms. The highest BCUT2D eigenvalue weighted by Crippen LogP contribution is 2.22. The first-order valence-electron chi connectivity index (χ1n) is 7.00. The highest BCUT2D eigenvalue weighted by atomic mass is 35.5. The van der Waals surface area contributed by atoms with Gasteiger partial charge in [-0.15, -0.1) is 11.3 Å². The van der Waals surface area contributed by atoms with E-state index in [1.165, 1.54) is 0 Å². The first-order chi connectivity index (χ1) is 10.6. The molecule has 0 aliphatic carbocycles. The molecule has 0 atom stereocenters. The zero-order valence-corrected chi connectivity index (χ0v) is 14.0. The van der Waals surface area contributed by atoms with Crippen LogP contribution in [-0.2, 0) is 11.3 Å². The molecule has 0 fully saturated rings. The smallest absolute Gasteiger partial charge is 0.234 e. The van der Waals surface area contributed by atoms with E-state index in [9.17, 15) is 4.79 Å². The Bertz CT molecular complexity index is 590. The number of nitrogens with zero attached hydrogens (tertiary/aromatic N) is 1. The molecule has 2 aromatic rings. The third-order valence-electron chi connectivity index (χ3n) is 3.02. The van der Waals surface area contributed by atoms with Crippen molar-refractivity contribution in [2.24, 2.45) is 0 Å². The molecule has 1 aromatic heterocycles. The maximum atomic E-state index is 11.8. The molecule has 1 N–H and O–H groups in total. The molecule has 1 aromatic carbocycles. The molecule has 0 aliphatic heterocycles. The van der Waals surface area contributed by atoms with Crippen LogP contribution in [0.3, 0.4) is 0 Å². The van der Waals surface area contributed by atoms with Crippen molar-refractivity contribution in [1.82, 2.24) is 10.2 Å². The molecular weight excluding hydrogens is 320 g/mol. The third-order valence-corrected chi connectivity index (χ3v) is 4.21. The van der Waals surface area contributed by atoms with Gasteiger partial charge in [0.1, 0.15) is 12.4 Å². The number of carbonyl (C=O) groups excluding carboxylic acids is 1. The standard InChI is InChI=1S/C16H19ClN2O2S/c1-19(8-9-21-15-7-3-2-6-14(15)17)12-16(20)18-11-13-5-4-10-22-13/h2-7,10H,8-9,11-12H2,1H3,(H,18,20). The third kappa shape index (κ3) is 5.67. The van der Waals surface area contributed by atoms with Gasteiger partial charge < -0.3 is 10.1 Å². The van der Waals surface area contributed by atoms with Crippen molar-refractivity contribution in [2.75, 3.05) is 26.7 Å². The maximum absolute atomic E-state index is 11.8. The Kier molecular flexibility index (Phi) is 6.71. The van der Waals surface area contributed by atoms with Crippen molar-refractivity contribution in [1.29, 1.82) is 0 Å². The molecule has 0 saturated carbocycles. The second kappa shape index (κ2) is 8.78. The van der Waals surface area contributed by atoms with E-state index in [4.69, 9.17) is 16.3 Å². The van der Waals surface area contributed by atoms with Gasteiger partial charge in [0.15, 0.2) is 0 Å². The lowest BCUT2D eigenvalue weighted by molar-refractivity contribution is -0.122. The molecule has 1 amide bonds. The minimum absolute atomic E-state index is 0.00800. The highest BCUT2D eigenvalue weighted by molar-refractivity contribution is 7.09. The van der Waals surface area contributed by atoms with Gasteiger partial charge in [-0.1, -0.05) is 29.8 Å². The Balaban J connectivity index is 1.64. The second-order valence-electron chi connectivity index (χ2n) is 4.87. The summed E-state index contributed by atoms with van der Waals surface area (Å²) in [6.07, 6.45) is 0. The molecule has 22 heavy (non-hydrogen) atoms. The molecule has 2 rings (SSSR count). The van der Waals surface area contributed by atoms with Gasteiger partial charge in [-0.3, -0.25) is 9.69 Å². The fraction of sp³-hybridized carbons (Fsp3) is 0.312. The number of thiophene rings is 1. The summed E-state index contributed by atoms with van der Waals surface area (Å²) >= 11 is 7.65. The predicted octanol–water partition coefficient (Wildman–Crippen LogP) is 3.03. The molecule has 0 unspecified atom stereocenters. The van der Waals surface area contributed by atoms with Gasteiger partial charge in [0.05, 0.1) is 18.1 Å². The molecule has 0 aliphatic rings. The molecule has 0 bridgehead atoms. The molecule has 1 heterocycles. The molecule has 0 saturated heterocycles. The molecule has 4 nitrogen and oxygen atoms in total. The fourth-order valence-corrected chi connectivity index (χ4v) is 2.69. The first-order valence-corrected chi connectivity index (χ1v) is 8.26. The van der Waals surface area contributed by atoms with Crippen LogP contribution < -0.4 is 10.1 Å². The molecule has 118 valence electrons. The van der Waals surface area contributed by atoms with Crippen LogP contribution >= 0.6 is 22.9 Å². The van der Waals surface area contributed by atoms with Crippen LogP contribution in [0, 0.1) is 0 Å². The Morgan fingerprint density at radius 3 is 2.86 bits per heavy atom. The van der Waals surface area contributed by atoms with Gasteiger partial charge in [-0.25, -0.2) is 0 Å².